The lowest BCUT2D eigenvalue weighted by molar-refractivity contribution is -0.142. The van der Waals surface area contributed by atoms with Crippen LogP contribution >= 0.6 is 11.6 Å². The van der Waals surface area contributed by atoms with Crippen LogP contribution in [0.5, 0.6) is 0 Å². The predicted molar refractivity (Wildman–Crippen MR) is 79.1 cm³/mol. The van der Waals surface area contributed by atoms with Gasteiger partial charge in [0.25, 0.3) is 0 Å². The Morgan fingerprint density at radius 3 is 2.40 bits per heavy atom. The Hall–Kier alpha value is -0.870. The number of rotatable bonds is 4. The van der Waals surface area contributed by atoms with Crippen LogP contribution in [0.2, 0.25) is 5.15 Å². The van der Waals surface area contributed by atoms with Crippen molar-refractivity contribution >= 4 is 17.4 Å². The number of aromatic nitrogens is 2. The van der Waals surface area contributed by atoms with E-state index in [1.165, 1.54) is 12.8 Å². The number of hydrogen-bond donors (Lipinski definition) is 0. The van der Waals surface area contributed by atoms with Gasteiger partial charge in [0.1, 0.15) is 10.8 Å². The number of ketones is 1. The summed E-state index contributed by atoms with van der Waals surface area (Å²) in [5, 5.41) is 4.82. The van der Waals surface area contributed by atoms with E-state index in [1.54, 1.807) is 18.8 Å². The van der Waals surface area contributed by atoms with Gasteiger partial charge in [-0.15, -0.1) is 0 Å². The largest absolute Gasteiger partial charge is 0.370 e. The monoisotopic (exact) mass is 298 g/mol. The summed E-state index contributed by atoms with van der Waals surface area (Å²) in [5.41, 5.74) is 1.04. The third-order valence-corrected chi connectivity index (χ3v) is 4.89. The van der Waals surface area contributed by atoms with E-state index in [0.29, 0.717) is 11.6 Å². The van der Waals surface area contributed by atoms with E-state index in [-0.39, 0.29) is 5.78 Å². The highest BCUT2D eigenvalue weighted by Crippen LogP contribution is 2.33. The van der Waals surface area contributed by atoms with Gasteiger partial charge in [-0.25, -0.2) is 0 Å². The van der Waals surface area contributed by atoms with Gasteiger partial charge in [0, 0.05) is 26.1 Å². The van der Waals surface area contributed by atoms with Gasteiger partial charge in [-0.3, -0.25) is 9.48 Å². The number of aryl methyl sites for hydroxylation is 2. The fourth-order valence-electron chi connectivity index (χ4n) is 3.09. The van der Waals surface area contributed by atoms with Crippen molar-refractivity contribution in [1.82, 2.24) is 9.78 Å². The highest BCUT2D eigenvalue weighted by molar-refractivity contribution is 6.30. The maximum Gasteiger partial charge on any atom is 0.169 e. The number of nitrogens with zero attached hydrogens (tertiary/aromatic N) is 2. The molecule has 2 rings (SSSR count). The van der Waals surface area contributed by atoms with Gasteiger partial charge in [0.05, 0.1) is 5.69 Å². The lowest BCUT2D eigenvalue weighted by Gasteiger charge is -2.29. The molecule has 1 heterocycles. The van der Waals surface area contributed by atoms with E-state index in [0.717, 1.165) is 36.9 Å². The maximum atomic E-state index is 12.8. The molecule has 112 valence electrons. The van der Waals surface area contributed by atoms with Gasteiger partial charge in [-0.05, 0) is 19.8 Å². The quantitative estimate of drug-likeness (QED) is 0.802. The minimum absolute atomic E-state index is 0.139. The van der Waals surface area contributed by atoms with Crippen molar-refractivity contribution in [2.24, 2.45) is 7.05 Å². The second kappa shape index (κ2) is 6.27. The molecule has 0 aromatic carbocycles. The van der Waals surface area contributed by atoms with Crippen LogP contribution in [0.1, 0.15) is 49.8 Å². The van der Waals surface area contributed by atoms with Crippen molar-refractivity contribution in [2.45, 2.75) is 57.5 Å². The summed E-state index contributed by atoms with van der Waals surface area (Å²) in [4.78, 5) is 12.8. The second-order valence-corrected chi connectivity index (χ2v) is 6.05. The third-order valence-electron chi connectivity index (χ3n) is 4.42. The van der Waals surface area contributed by atoms with E-state index in [2.05, 4.69) is 5.10 Å². The molecule has 0 amide bonds. The molecule has 1 aliphatic carbocycles. The van der Waals surface area contributed by atoms with E-state index in [9.17, 15) is 4.79 Å². The Morgan fingerprint density at radius 2 is 1.95 bits per heavy atom. The summed E-state index contributed by atoms with van der Waals surface area (Å²) in [7, 11) is 3.45. The zero-order valence-corrected chi connectivity index (χ0v) is 13.3. The van der Waals surface area contributed by atoms with Crippen LogP contribution in [0.3, 0.4) is 0 Å². The molecular weight excluding hydrogens is 276 g/mol. The minimum atomic E-state index is -0.623. The first kappa shape index (κ1) is 15.5. The van der Waals surface area contributed by atoms with Crippen molar-refractivity contribution in [3.8, 4) is 0 Å². The Labute approximate surface area is 125 Å². The molecule has 0 N–H and O–H groups in total. The number of halogens is 1. The lowest BCUT2D eigenvalue weighted by Crippen LogP contribution is -2.41. The SMILES string of the molecule is COC1(C(=O)Cc2c(C)nn(C)c2Cl)CCCCCC1. The van der Waals surface area contributed by atoms with Gasteiger partial charge in [-0.2, -0.15) is 5.10 Å². The number of methoxy groups -OCH3 is 1. The molecule has 0 bridgehead atoms. The molecule has 0 saturated heterocycles. The normalized spacial score (nSPS) is 18.8. The van der Waals surface area contributed by atoms with E-state index in [1.807, 2.05) is 6.92 Å². The molecule has 1 aromatic rings. The molecule has 20 heavy (non-hydrogen) atoms. The molecule has 0 spiro atoms. The van der Waals surface area contributed by atoms with Gasteiger partial charge in [-0.1, -0.05) is 37.3 Å². The van der Waals surface area contributed by atoms with Crippen molar-refractivity contribution in [3.05, 3.63) is 16.4 Å². The fourth-order valence-corrected chi connectivity index (χ4v) is 3.33. The summed E-state index contributed by atoms with van der Waals surface area (Å²) in [6.45, 7) is 1.89. The molecule has 4 nitrogen and oxygen atoms in total. The number of carbonyl (C=O) groups excluding carboxylic acids is 1. The van der Waals surface area contributed by atoms with Crippen LogP contribution in [-0.2, 0) is 23.0 Å². The molecular formula is C15H23ClN2O2. The zero-order valence-electron chi connectivity index (χ0n) is 12.5. The predicted octanol–water partition coefficient (Wildman–Crippen LogP) is 3.23. The van der Waals surface area contributed by atoms with Gasteiger partial charge < -0.3 is 4.74 Å². The first-order chi connectivity index (χ1) is 9.50. The summed E-state index contributed by atoms with van der Waals surface area (Å²) in [6.07, 6.45) is 6.43. The highest BCUT2D eigenvalue weighted by Gasteiger charge is 2.38. The fraction of sp³-hybridized carbons (Fsp3) is 0.733. The molecule has 0 aliphatic heterocycles. The van der Waals surface area contributed by atoms with Gasteiger partial charge in [0.15, 0.2) is 5.78 Å². The highest BCUT2D eigenvalue weighted by atomic mass is 35.5. The molecule has 1 fully saturated rings. The van der Waals surface area contributed by atoms with Crippen LogP contribution < -0.4 is 0 Å². The van der Waals surface area contributed by atoms with Gasteiger partial charge >= 0.3 is 0 Å². The molecule has 1 saturated carbocycles. The third kappa shape index (κ3) is 2.91. The Morgan fingerprint density at radius 1 is 1.35 bits per heavy atom. The van der Waals surface area contributed by atoms with E-state index in [4.69, 9.17) is 16.3 Å². The van der Waals surface area contributed by atoms with Crippen molar-refractivity contribution in [1.29, 1.82) is 0 Å². The smallest absolute Gasteiger partial charge is 0.169 e. The minimum Gasteiger partial charge on any atom is -0.370 e. The van der Waals surface area contributed by atoms with Gasteiger partial charge in [0.2, 0.25) is 0 Å². The summed E-state index contributed by atoms with van der Waals surface area (Å²) in [6, 6.07) is 0. The van der Waals surface area contributed by atoms with Crippen molar-refractivity contribution in [2.75, 3.05) is 7.11 Å². The molecule has 0 unspecified atom stereocenters. The molecule has 5 heteroatoms. The first-order valence-corrected chi connectivity index (χ1v) is 7.64. The first-order valence-electron chi connectivity index (χ1n) is 7.26. The van der Waals surface area contributed by atoms with Crippen molar-refractivity contribution in [3.63, 3.8) is 0 Å². The Bertz CT molecular complexity index is 488. The van der Waals surface area contributed by atoms with Crippen molar-refractivity contribution < 1.29 is 9.53 Å². The summed E-state index contributed by atoms with van der Waals surface area (Å²) in [5.74, 6) is 0.139. The van der Waals surface area contributed by atoms with E-state index < -0.39 is 5.60 Å². The number of ether oxygens (including phenoxy) is 1. The summed E-state index contributed by atoms with van der Waals surface area (Å²) >= 11 is 6.23. The maximum absolute atomic E-state index is 12.8. The average molecular weight is 299 g/mol. The molecule has 1 aliphatic rings. The lowest BCUT2D eigenvalue weighted by atomic mass is 9.86. The molecule has 0 atom stereocenters. The topological polar surface area (TPSA) is 44.1 Å². The molecule has 0 radical (unpaired) electrons. The van der Waals surface area contributed by atoms with E-state index >= 15 is 0 Å². The molecule has 1 aromatic heterocycles. The number of Topliss-reactive ketones (excluding diaryl/α,β-unsaturated/α-hetero) is 1. The second-order valence-electron chi connectivity index (χ2n) is 5.69. The van der Waals surface area contributed by atoms with Crippen LogP contribution in [0.4, 0.5) is 0 Å². The van der Waals surface area contributed by atoms with Crippen LogP contribution in [-0.4, -0.2) is 28.3 Å². The van der Waals surface area contributed by atoms with Crippen LogP contribution in [0.25, 0.3) is 0 Å². The zero-order chi connectivity index (χ0) is 14.8. The number of carbonyl (C=O) groups is 1. The Kier molecular flexibility index (Phi) is 4.86. The van der Waals surface area contributed by atoms with Crippen LogP contribution in [0, 0.1) is 6.92 Å². The standard InChI is InChI=1S/C15H23ClN2O2/c1-11-12(14(16)18(2)17-11)10-13(19)15(20-3)8-6-4-5-7-9-15/h4-10H2,1-3H3. The average Bonchev–Trinajstić information content (AvgIpc) is 2.66. The Balaban J connectivity index is 2.20. The van der Waals surface area contributed by atoms with Crippen LogP contribution in [0.15, 0.2) is 0 Å². The summed E-state index contributed by atoms with van der Waals surface area (Å²) < 4.78 is 7.28. The number of hydrogen-bond acceptors (Lipinski definition) is 3.